The van der Waals surface area contributed by atoms with Gasteiger partial charge in [-0.1, -0.05) is 39.0 Å². The van der Waals surface area contributed by atoms with E-state index < -0.39 is 0 Å². The number of ketones is 1. The van der Waals surface area contributed by atoms with Crippen LogP contribution in [0, 0.1) is 11.8 Å². The van der Waals surface area contributed by atoms with Gasteiger partial charge < -0.3 is 5.73 Å². The zero-order valence-corrected chi connectivity index (χ0v) is 10.2. The molecule has 0 bridgehead atoms. The molecule has 2 N–H and O–H groups in total. The SMILES string of the molecule is CC(=O)[C@@H](N)C[C@H](C)CC1CCCCC1. The van der Waals surface area contributed by atoms with Crippen LogP contribution in [0.4, 0.5) is 0 Å². The Kier molecular flexibility index (Phi) is 5.30. The van der Waals surface area contributed by atoms with Gasteiger partial charge in [0.1, 0.15) is 5.78 Å². The molecule has 0 aromatic heterocycles. The summed E-state index contributed by atoms with van der Waals surface area (Å²) in [6.45, 7) is 3.83. The van der Waals surface area contributed by atoms with Crippen LogP contribution in [-0.4, -0.2) is 11.8 Å². The highest BCUT2D eigenvalue weighted by atomic mass is 16.1. The fourth-order valence-corrected chi connectivity index (χ4v) is 2.69. The number of rotatable bonds is 5. The van der Waals surface area contributed by atoms with Crippen LogP contribution in [0.15, 0.2) is 0 Å². The Hall–Kier alpha value is -0.370. The van der Waals surface area contributed by atoms with Crippen molar-refractivity contribution in [3.05, 3.63) is 0 Å². The molecule has 1 saturated carbocycles. The fourth-order valence-electron chi connectivity index (χ4n) is 2.69. The van der Waals surface area contributed by atoms with Crippen LogP contribution in [0.1, 0.15) is 58.8 Å². The molecule has 1 aliphatic carbocycles. The second-order valence-corrected chi connectivity index (χ2v) is 5.30. The molecular formula is C13H25NO. The van der Waals surface area contributed by atoms with E-state index in [0.717, 1.165) is 12.3 Å². The Bertz CT molecular complexity index is 197. The summed E-state index contributed by atoms with van der Waals surface area (Å²) in [7, 11) is 0. The van der Waals surface area contributed by atoms with E-state index in [-0.39, 0.29) is 11.8 Å². The Labute approximate surface area is 93.6 Å². The molecule has 0 unspecified atom stereocenters. The predicted molar refractivity (Wildman–Crippen MR) is 63.6 cm³/mol. The summed E-state index contributed by atoms with van der Waals surface area (Å²) < 4.78 is 0. The van der Waals surface area contributed by atoms with E-state index in [1.807, 2.05) is 0 Å². The van der Waals surface area contributed by atoms with E-state index >= 15 is 0 Å². The van der Waals surface area contributed by atoms with Gasteiger partial charge in [-0.05, 0) is 31.6 Å². The summed E-state index contributed by atoms with van der Waals surface area (Å²) in [5.41, 5.74) is 5.77. The van der Waals surface area contributed by atoms with Gasteiger partial charge in [-0.25, -0.2) is 0 Å². The average molecular weight is 211 g/mol. The number of carbonyl (C=O) groups is 1. The maximum Gasteiger partial charge on any atom is 0.146 e. The van der Waals surface area contributed by atoms with E-state index in [9.17, 15) is 4.79 Å². The van der Waals surface area contributed by atoms with Gasteiger partial charge >= 0.3 is 0 Å². The number of hydrogen-bond donors (Lipinski definition) is 1. The Balaban J connectivity index is 2.22. The highest BCUT2D eigenvalue weighted by molar-refractivity contribution is 5.81. The van der Waals surface area contributed by atoms with Crippen molar-refractivity contribution in [1.29, 1.82) is 0 Å². The largest absolute Gasteiger partial charge is 0.322 e. The zero-order valence-electron chi connectivity index (χ0n) is 10.2. The summed E-state index contributed by atoms with van der Waals surface area (Å²) in [5.74, 6) is 1.63. The van der Waals surface area contributed by atoms with Gasteiger partial charge in [-0.2, -0.15) is 0 Å². The molecule has 15 heavy (non-hydrogen) atoms. The zero-order chi connectivity index (χ0) is 11.3. The first-order valence-electron chi connectivity index (χ1n) is 6.35. The molecule has 0 radical (unpaired) electrons. The molecule has 2 atom stereocenters. The lowest BCUT2D eigenvalue weighted by molar-refractivity contribution is -0.118. The van der Waals surface area contributed by atoms with Crippen molar-refractivity contribution in [2.45, 2.75) is 64.8 Å². The molecular weight excluding hydrogens is 186 g/mol. The van der Waals surface area contributed by atoms with Crippen LogP contribution >= 0.6 is 0 Å². The number of hydrogen-bond acceptors (Lipinski definition) is 2. The standard InChI is InChI=1S/C13H25NO/c1-10(9-13(14)11(2)15)8-12-6-4-3-5-7-12/h10,12-13H,3-9,14H2,1-2H3/t10-,13+/m1/s1. The van der Waals surface area contributed by atoms with Gasteiger partial charge in [-0.15, -0.1) is 0 Å². The van der Waals surface area contributed by atoms with E-state index in [1.165, 1.54) is 38.5 Å². The van der Waals surface area contributed by atoms with Crippen molar-refractivity contribution in [3.63, 3.8) is 0 Å². The van der Waals surface area contributed by atoms with Crippen molar-refractivity contribution < 1.29 is 4.79 Å². The molecule has 0 aromatic carbocycles. The summed E-state index contributed by atoms with van der Waals surface area (Å²) in [5, 5.41) is 0. The molecule has 0 heterocycles. The summed E-state index contributed by atoms with van der Waals surface area (Å²) >= 11 is 0. The highest BCUT2D eigenvalue weighted by Crippen LogP contribution is 2.30. The fraction of sp³-hybridized carbons (Fsp3) is 0.923. The highest BCUT2D eigenvalue weighted by Gasteiger charge is 2.19. The van der Waals surface area contributed by atoms with E-state index in [4.69, 9.17) is 5.73 Å². The Morgan fingerprint density at radius 1 is 1.33 bits per heavy atom. The molecule has 2 nitrogen and oxygen atoms in total. The lowest BCUT2D eigenvalue weighted by Gasteiger charge is -2.25. The molecule has 1 rings (SSSR count). The summed E-state index contributed by atoms with van der Waals surface area (Å²) in [4.78, 5) is 11.0. The van der Waals surface area contributed by atoms with Crippen molar-refractivity contribution in [2.24, 2.45) is 17.6 Å². The summed E-state index contributed by atoms with van der Waals surface area (Å²) in [6, 6.07) is -0.233. The topological polar surface area (TPSA) is 43.1 Å². The summed E-state index contributed by atoms with van der Waals surface area (Å²) in [6.07, 6.45) is 9.12. The second kappa shape index (κ2) is 6.26. The molecule has 88 valence electrons. The Morgan fingerprint density at radius 2 is 1.93 bits per heavy atom. The van der Waals surface area contributed by atoms with Gasteiger partial charge in [0, 0.05) is 0 Å². The second-order valence-electron chi connectivity index (χ2n) is 5.30. The van der Waals surface area contributed by atoms with Crippen LogP contribution < -0.4 is 5.73 Å². The van der Waals surface area contributed by atoms with Gasteiger partial charge in [0.15, 0.2) is 0 Å². The molecule has 0 saturated heterocycles. The van der Waals surface area contributed by atoms with E-state index in [1.54, 1.807) is 6.92 Å². The normalized spacial score (nSPS) is 22.3. The van der Waals surface area contributed by atoms with Crippen LogP contribution in [0.2, 0.25) is 0 Å². The van der Waals surface area contributed by atoms with Crippen molar-refractivity contribution in [2.75, 3.05) is 0 Å². The first kappa shape index (κ1) is 12.7. The van der Waals surface area contributed by atoms with E-state index in [0.29, 0.717) is 5.92 Å². The van der Waals surface area contributed by atoms with Crippen LogP contribution in [0.5, 0.6) is 0 Å². The van der Waals surface area contributed by atoms with Gasteiger partial charge in [-0.3, -0.25) is 4.79 Å². The third-order valence-electron chi connectivity index (χ3n) is 3.64. The van der Waals surface area contributed by atoms with Crippen molar-refractivity contribution >= 4 is 5.78 Å². The smallest absolute Gasteiger partial charge is 0.146 e. The maximum atomic E-state index is 11.0. The van der Waals surface area contributed by atoms with Crippen molar-refractivity contribution in [3.8, 4) is 0 Å². The Morgan fingerprint density at radius 3 is 2.47 bits per heavy atom. The maximum absolute atomic E-state index is 11.0. The molecule has 0 aromatic rings. The quantitative estimate of drug-likeness (QED) is 0.760. The molecule has 0 aliphatic heterocycles. The minimum atomic E-state index is -0.233. The van der Waals surface area contributed by atoms with Crippen LogP contribution in [0.3, 0.4) is 0 Å². The lowest BCUT2D eigenvalue weighted by atomic mass is 9.81. The number of nitrogens with two attached hydrogens (primary N) is 1. The van der Waals surface area contributed by atoms with Crippen LogP contribution in [0.25, 0.3) is 0 Å². The third-order valence-corrected chi connectivity index (χ3v) is 3.64. The average Bonchev–Trinajstić information content (AvgIpc) is 2.18. The minimum Gasteiger partial charge on any atom is -0.322 e. The predicted octanol–water partition coefficient (Wildman–Crippen LogP) is 2.90. The van der Waals surface area contributed by atoms with E-state index in [2.05, 4.69) is 6.92 Å². The van der Waals surface area contributed by atoms with Crippen molar-refractivity contribution in [1.82, 2.24) is 0 Å². The van der Waals surface area contributed by atoms with Gasteiger partial charge in [0.2, 0.25) is 0 Å². The molecule has 2 heteroatoms. The van der Waals surface area contributed by atoms with Gasteiger partial charge in [0.25, 0.3) is 0 Å². The minimum absolute atomic E-state index is 0.130. The van der Waals surface area contributed by atoms with Crippen LogP contribution in [-0.2, 0) is 4.79 Å². The molecule has 1 aliphatic rings. The van der Waals surface area contributed by atoms with Gasteiger partial charge in [0.05, 0.1) is 6.04 Å². The first-order valence-corrected chi connectivity index (χ1v) is 6.35. The molecule has 0 spiro atoms. The lowest BCUT2D eigenvalue weighted by Crippen LogP contribution is -2.30. The third kappa shape index (κ3) is 4.78. The molecule has 0 amide bonds. The first-order chi connectivity index (χ1) is 7.09. The molecule has 1 fully saturated rings. The number of Topliss-reactive ketones (excluding diaryl/α,β-unsaturated/α-hetero) is 1. The number of carbonyl (C=O) groups excluding carboxylic acids is 1. The monoisotopic (exact) mass is 211 g/mol.